The molecule has 2 aliphatic rings. The number of amides is 2. The number of nitrogens with zero attached hydrogens (tertiary/aromatic N) is 3. The van der Waals surface area contributed by atoms with Gasteiger partial charge in [0.1, 0.15) is 0 Å². The lowest BCUT2D eigenvalue weighted by Gasteiger charge is -2.38. The first kappa shape index (κ1) is 18.7. The second-order valence-corrected chi connectivity index (χ2v) is 8.22. The molecule has 2 amide bonds. The number of piperidine rings is 1. The minimum absolute atomic E-state index is 0.0191. The van der Waals surface area contributed by atoms with Gasteiger partial charge in [-0.3, -0.25) is 14.7 Å². The molecule has 2 saturated heterocycles. The molecule has 148 valence electrons. The van der Waals surface area contributed by atoms with Crippen molar-refractivity contribution in [1.29, 1.82) is 0 Å². The molecular formula is C22H28N4O2. The van der Waals surface area contributed by atoms with E-state index in [0.29, 0.717) is 31.6 Å². The fraction of sp³-hybridized carbons (Fsp3) is 0.500. The molecule has 6 heteroatoms. The fourth-order valence-electron chi connectivity index (χ4n) is 4.56. The van der Waals surface area contributed by atoms with Crippen molar-refractivity contribution >= 4 is 11.8 Å². The molecule has 0 bridgehead atoms. The Balaban J connectivity index is 1.38. The molecule has 1 spiro atoms. The average molecular weight is 380 g/mol. The van der Waals surface area contributed by atoms with Crippen molar-refractivity contribution in [2.45, 2.75) is 45.6 Å². The third-order valence-electron chi connectivity index (χ3n) is 6.18. The molecule has 1 aromatic heterocycles. The lowest BCUT2D eigenvalue weighted by atomic mass is 9.77. The zero-order valence-electron chi connectivity index (χ0n) is 16.5. The van der Waals surface area contributed by atoms with E-state index in [1.165, 1.54) is 5.56 Å². The van der Waals surface area contributed by atoms with Crippen LogP contribution in [-0.4, -0.2) is 51.4 Å². The van der Waals surface area contributed by atoms with Crippen molar-refractivity contribution in [2.75, 3.05) is 19.6 Å². The maximum Gasteiger partial charge on any atom is 0.257 e. The summed E-state index contributed by atoms with van der Waals surface area (Å²) in [5, 5.41) is 7.02. The zero-order valence-corrected chi connectivity index (χ0v) is 16.5. The normalized spacial score (nSPS) is 18.8. The number of carbonyl (C=O) groups is 2. The number of likely N-dealkylation sites (tertiary alicyclic amines) is 2. The second-order valence-electron chi connectivity index (χ2n) is 8.22. The smallest absolute Gasteiger partial charge is 0.257 e. The second kappa shape index (κ2) is 7.78. The van der Waals surface area contributed by atoms with Crippen molar-refractivity contribution in [3.05, 3.63) is 53.3 Å². The van der Waals surface area contributed by atoms with E-state index < -0.39 is 0 Å². The first-order chi connectivity index (χ1) is 13.6. The number of aromatic nitrogens is 2. The Labute approximate surface area is 165 Å². The van der Waals surface area contributed by atoms with Gasteiger partial charge in [0.15, 0.2) is 0 Å². The Morgan fingerprint density at radius 1 is 1.21 bits per heavy atom. The molecule has 2 aliphatic heterocycles. The monoisotopic (exact) mass is 380 g/mol. The zero-order chi connectivity index (χ0) is 19.6. The quantitative estimate of drug-likeness (QED) is 0.867. The predicted octanol–water partition coefficient (Wildman–Crippen LogP) is 3.02. The van der Waals surface area contributed by atoms with Gasteiger partial charge in [-0.2, -0.15) is 5.10 Å². The molecular weight excluding hydrogens is 352 g/mol. The van der Waals surface area contributed by atoms with Gasteiger partial charge in [-0.1, -0.05) is 43.7 Å². The highest BCUT2D eigenvalue weighted by molar-refractivity contribution is 5.95. The molecule has 6 nitrogen and oxygen atoms in total. The summed E-state index contributed by atoms with van der Waals surface area (Å²) in [4.78, 5) is 29.4. The lowest BCUT2D eigenvalue weighted by molar-refractivity contribution is -0.128. The number of aromatic amines is 1. The van der Waals surface area contributed by atoms with E-state index in [0.717, 1.165) is 37.9 Å². The molecule has 2 fully saturated rings. The van der Waals surface area contributed by atoms with Crippen LogP contribution in [0.2, 0.25) is 0 Å². The molecule has 28 heavy (non-hydrogen) atoms. The number of H-pyrrole nitrogens is 1. The van der Waals surface area contributed by atoms with Gasteiger partial charge in [0.2, 0.25) is 5.91 Å². The topological polar surface area (TPSA) is 69.3 Å². The van der Waals surface area contributed by atoms with Crippen LogP contribution < -0.4 is 0 Å². The van der Waals surface area contributed by atoms with Crippen LogP contribution in [-0.2, 0) is 17.8 Å². The van der Waals surface area contributed by atoms with Crippen LogP contribution in [0.4, 0.5) is 0 Å². The number of nitrogens with one attached hydrogen (secondary N) is 1. The fourth-order valence-corrected chi connectivity index (χ4v) is 4.56. The third kappa shape index (κ3) is 3.68. The Kier molecular flexibility index (Phi) is 5.20. The van der Waals surface area contributed by atoms with E-state index in [-0.39, 0.29) is 17.2 Å². The Morgan fingerprint density at radius 3 is 2.68 bits per heavy atom. The minimum Gasteiger partial charge on any atom is -0.338 e. The molecule has 0 unspecified atom stereocenters. The van der Waals surface area contributed by atoms with E-state index in [2.05, 4.69) is 29.3 Å². The summed E-state index contributed by atoms with van der Waals surface area (Å²) in [5.74, 6) is 0.307. The summed E-state index contributed by atoms with van der Waals surface area (Å²) >= 11 is 0. The summed E-state index contributed by atoms with van der Waals surface area (Å²) in [7, 11) is 0. The van der Waals surface area contributed by atoms with Gasteiger partial charge in [0.05, 0.1) is 11.8 Å². The van der Waals surface area contributed by atoms with E-state index in [1.807, 2.05) is 28.0 Å². The van der Waals surface area contributed by atoms with E-state index in [9.17, 15) is 9.59 Å². The Morgan fingerprint density at radius 2 is 1.96 bits per heavy atom. The molecule has 0 saturated carbocycles. The highest BCUT2D eigenvalue weighted by atomic mass is 16.2. The Bertz CT molecular complexity index is 837. The van der Waals surface area contributed by atoms with Gasteiger partial charge in [0.25, 0.3) is 5.91 Å². The minimum atomic E-state index is 0.0191. The molecule has 1 N–H and O–H groups in total. The number of carbonyl (C=O) groups excluding carboxylic acids is 2. The van der Waals surface area contributed by atoms with Gasteiger partial charge in [-0.05, 0) is 24.8 Å². The van der Waals surface area contributed by atoms with Gasteiger partial charge in [0, 0.05) is 43.7 Å². The van der Waals surface area contributed by atoms with Crippen LogP contribution in [0.25, 0.3) is 0 Å². The van der Waals surface area contributed by atoms with Crippen molar-refractivity contribution in [2.24, 2.45) is 5.41 Å². The summed E-state index contributed by atoms with van der Waals surface area (Å²) < 4.78 is 0. The van der Waals surface area contributed by atoms with Gasteiger partial charge < -0.3 is 9.80 Å². The average Bonchev–Trinajstić information content (AvgIpc) is 3.28. The highest BCUT2D eigenvalue weighted by Crippen LogP contribution is 2.41. The predicted molar refractivity (Wildman–Crippen MR) is 107 cm³/mol. The summed E-state index contributed by atoms with van der Waals surface area (Å²) in [6.07, 6.45) is 5.84. The van der Waals surface area contributed by atoms with Crippen LogP contribution in [0.5, 0.6) is 0 Å². The van der Waals surface area contributed by atoms with Crippen LogP contribution in [0, 0.1) is 5.41 Å². The number of hydrogen-bond acceptors (Lipinski definition) is 3. The first-order valence-electron chi connectivity index (χ1n) is 10.2. The van der Waals surface area contributed by atoms with E-state index >= 15 is 0 Å². The van der Waals surface area contributed by atoms with E-state index in [4.69, 9.17) is 0 Å². The number of aryl methyl sites for hydroxylation is 1. The number of benzene rings is 1. The van der Waals surface area contributed by atoms with Crippen molar-refractivity contribution in [3.63, 3.8) is 0 Å². The third-order valence-corrected chi connectivity index (χ3v) is 6.18. The molecule has 4 rings (SSSR count). The van der Waals surface area contributed by atoms with Crippen LogP contribution >= 0.6 is 0 Å². The molecule has 0 atom stereocenters. The van der Waals surface area contributed by atoms with Crippen LogP contribution in [0.1, 0.15) is 54.2 Å². The number of rotatable bonds is 5. The largest absolute Gasteiger partial charge is 0.338 e. The molecule has 0 aliphatic carbocycles. The van der Waals surface area contributed by atoms with Gasteiger partial charge in [-0.25, -0.2) is 0 Å². The van der Waals surface area contributed by atoms with Gasteiger partial charge >= 0.3 is 0 Å². The molecule has 3 heterocycles. The summed E-state index contributed by atoms with van der Waals surface area (Å²) in [6.45, 7) is 5.00. The van der Waals surface area contributed by atoms with Crippen LogP contribution in [0.15, 0.2) is 36.5 Å². The summed E-state index contributed by atoms with van der Waals surface area (Å²) in [6, 6.07) is 10.2. The van der Waals surface area contributed by atoms with Crippen LogP contribution in [0.3, 0.4) is 0 Å². The standard InChI is InChI=1S/C22H28N4O2/c1-2-6-19-18(14-23-24-19)21(28)25-11-9-22(10-12-25)13-20(27)26(16-22)15-17-7-4-3-5-8-17/h3-5,7-8,14H,2,6,9-13,15-16H2,1H3,(H,23,24). The van der Waals surface area contributed by atoms with Gasteiger partial charge in [-0.15, -0.1) is 0 Å². The highest BCUT2D eigenvalue weighted by Gasteiger charge is 2.45. The number of hydrogen-bond donors (Lipinski definition) is 1. The maximum absolute atomic E-state index is 12.9. The maximum atomic E-state index is 12.9. The molecule has 2 aromatic rings. The van der Waals surface area contributed by atoms with E-state index in [1.54, 1.807) is 6.20 Å². The first-order valence-corrected chi connectivity index (χ1v) is 10.2. The van der Waals surface area contributed by atoms with Crippen molar-refractivity contribution in [3.8, 4) is 0 Å². The molecule has 0 radical (unpaired) electrons. The summed E-state index contributed by atoms with van der Waals surface area (Å²) in [5.41, 5.74) is 2.82. The SMILES string of the molecule is CCCc1[nH]ncc1C(=O)N1CCC2(CC1)CC(=O)N(Cc1ccccc1)C2. The van der Waals surface area contributed by atoms with Crippen molar-refractivity contribution < 1.29 is 9.59 Å². The van der Waals surface area contributed by atoms with Crippen molar-refractivity contribution in [1.82, 2.24) is 20.0 Å². The Hall–Kier alpha value is -2.63. The molecule has 1 aromatic carbocycles. The lowest BCUT2D eigenvalue weighted by Crippen LogP contribution is -2.44.